The van der Waals surface area contributed by atoms with Gasteiger partial charge in [-0.25, -0.2) is 13.2 Å². The monoisotopic (exact) mass is 619 g/mol. The van der Waals surface area contributed by atoms with Gasteiger partial charge < -0.3 is 9.84 Å². The molecule has 10 heteroatoms. The second-order valence-corrected chi connectivity index (χ2v) is 14.2. The van der Waals surface area contributed by atoms with Gasteiger partial charge in [0.15, 0.2) is 17.1 Å². The number of halogens is 3. The van der Waals surface area contributed by atoms with Crippen molar-refractivity contribution in [1.29, 1.82) is 0 Å². The summed E-state index contributed by atoms with van der Waals surface area (Å²) in [6.45, 7) is 6.86. The molecule has 1 saturated heterocycles. The zero-order chi connectivity index (χ0) is 30.8. The van der Waals surface area contributed by atoms with Crippen LogP contribution >= 0.6 is 11.8 Å². The fourth-order valence-electron chi connectivity index (χ4n) is 9.14. The Morgan fingerprint density at radius 1 is 1.21 bits per heavy atom. The third-order valence-corrected chi connectivity index (χ3v) is 11.9. The van der Waals surface area contributed by atoms with Crippen LogP contribution in [0.4, 0.5) is 13.2 Å². The van der Waals surface area contributed by atoms with Crippen LogP contribution in [0.3, 0.4) is 0 Å². The molecule has 0 aromatic heterocycles. The summed E-state index contributed by atoms with van der Waals surface area (Å²) in [5.41, 5.74) is -5.34. The Labute approximate surface area is 255 Å². The topological polar surface area (TPSA) is 76.1 Å². The second-order valence-electron chi connectivity index (χ2n) is 13.3. The van der Waals surface area contributed by atoms with Crippen molar-refractivity contribution in [2.75, 3.05) is 19.2 Å². The largest absolute Gasteiger partial charge is 0.494 e. The number of alkyl halides is 3. The van der Waals surface area contributed by atoms with E-state index in [1.54, 1.807) is 12.0 Å². The lowest BCUT2D eigenvalue weighted by Gasteiger charge is -2.63. The van der Waals surface area contributed by atoms with Crippen LogP contribution in [-0.4, -0.2) is 63.8 Å². The Balaban J connectivity index is 1.31. The second kappa shape index (κ2) is 11.0. The Kier molecular flexibility index (Phi) is 7.92. The molecule has 1 heterocycles. The number of hydrogen-bond acceptors (Lipinski definition) is 7. The molecule has 1 N–H and O–H groups in total. The van der Waals surface area contributed by atoms with Gasteiger partial charge in [0, 0.05) is 35.8 Å². The Hall–Kier alpha value is -2.14. The average molecular weight is 620 g/mol. The number of unbranched alkanes of at least 4 members (excludes halogenated alkanes) is 1. The summed E-state index contributed by atoms with van der Waals surface area (Å²) in [6, 6.07) is 6.73. The molecule has 6 nitrogen and oxygen atoms in total. The highest BCUT2D eigenvalue weighted by atomic mass is 32.2. The van der Waals surface area contributed by atoms with Crippen molar-refractivity contribution >= 4 is 22.7 Å². The highest BCUT2D eigenvalue weighted by molar-refractivity contribution is 8.13. The maximum absolute atomic E-state index is 17.6. The Bertz CT molecular complexity index is 1340. The van der Waals surface area contributed by atoms with Gasteiger partial charge in [-0.2, -0.15) is 5.06 Å². The van der Waals surface area contributed by atoms with E-state index in [-0.39, 0.29) is 18.4 Å². The van der Waals surface area contributed by atoms with Gasteiger partial charge in [0.1, 0.15) is 17.9 Å². The molecule has 5 aliphatic rings. The fraction of sp³-hybridized carbons (Fsp3) is 0.636. The first-order chi connectivity index (χ1) is 20.4. The van der Waals surface area contributed by atoms with Gasteiger partial charge in [-0.05, 0) is 73.9 Å². The van der Waals surface area contributed by atoms with E-state index in [0.29, 0.717) is 37.9 Å². The number of hydroxylamine groups is 2. The quantitative estimate of drug-likeness (QED) is 0.354. The molecule has 0 bridgehead atoms. The van der Waals surface area contributed by atoms with E-state index in [1.165, 1.54) is 18.2 Å². The molecule has 9 atom stereocenters. The van der Waals surface area contributed by atoms with Gasteiger partial charge in [-0.3, -0.25) is 14.4 Å². The molecular formula is C33H40F3NO5S. The van der Waals surface area contributed by atoms with Crippen LogP contribution in [0.15, 0.2) is 48.1 Å². The molecule has 3 saturated carbocycles. The molecular weight excluding hydrogens is 579 g/mol. The first-order valence-corrected chi connectivity index (χ1v) is 16.3. The number of thioether (sulfide) groups is 1. The number of fused-ring (bicyclic) bond motifs is 7. The number of hydrogen-bond donors (Lipinski definition) is 1. The molecule has 234 valence electrons. The van der Waals surface area contributed by atoms with E-state index in [1.807, 2.05) is 31.2 Å². The summed E-state index contributed by atoms with van der Waals surface area (Å²) in [5.74, 6) is -1.46. The van der Waals surface area contributed by atoms with Crippen LogP contribution in [0.5, 0.6) is 5.75 Å². The highest BCUT2D eigenvalue weighted by Crippen LogP contribution is 2.73. The SMILES string of the molecule is CCCCOc1ccc(CN2C[C@@H]3CC4[C@@H]5C[C@H](F)C6=CC(=O)C=C[C@]6(C)[C@@]5(F)[C@@H](O)C[C@]4(C)[C@]3(C(=O)SCF)O2)cc1. The molecule has 4 fully saturated rings. The molecule has 4 aliphatic carbocycles. The molecule has 0 amide bonds. The van der Waals surface area contributed by atoms with Crippen LogP contribution in [0, 0.1) is 28.6 Å². The summed E-state index contributed by atoms with van der Waals surface area (Å²) in [4.78, 5) is 32.6. The van der Waals surface area contributed by atoms with E-state index in [0.717, 1.165) is 24.2 Å². The maximum atomic E-state index is 17.6. The number of ether oxygens (including phenoxy) is 1. The molecule has 1 aromatic rings. The molecule has 1 aromatic carbocycles. The van der Waals surface area contributed by atoms with Crippen LogP contribution in [0.25, 0.3) is 0 Å². The number of carbonyl (C=O) groups excluding carboxylic acids is 2. The minimum Gasteiger partial charge on any atom is -0.494 e. The standard InChI is InChI=1S/C33H40F3NO5S/c1-4-5-12-41-23-8-6-20(7-9-23)17-37-18-21-13-24-25-15-27(35)26-14-22(38)10-11-30(26,2)32(25,36)28(39)16-31(24,3)33(21,42-37)29(40)43-19-34/h6-11,14,21,24-25,27-28,39H,4-5,12-13,15-19H2,1-3H3/t21-,24?,25-,27-,28-,30-,31-,32-,33-/m0/s1. The first kappa shape index (κ1) is 30.9. The summed E-state index contributed by atoms with van der Waals surface area (Å²) in [5, 5.41) is 12.9. The Morgan fingerprint density at radius 2 is 1.95 bits per heavy atom. The van der Waals surface area contributed by atoms with Gasteiger partial charge in [-0.15, -0.1) is 0 Å². The number of aliphatic hydroxyl groups is 1. The summed E-state index contributed by atoms with van der Waals surface area (Å²) < 4.78 is 52.8. The normalized spacial score (nSPS) is 41.7. The number of benzene rings is 1. The van der Waals surface area contributed by atoms with Gasteiger partial charge >= 0.3 is 0 Å². The van der Waals surface area contributed by atoms with Gasteiger partial charge in [0.25, 0.3) is 0 Å². The smallest absolute Gasteiger partial charge is 0.226 e. The Morgan fingerprint density at radius 3 is 2.65 bits per heavy atom. The number of carbonyl (C=O) groups is 2. The highest BCUT2D eigenvalue weighted by Gasteiger charge is 2.79. The molecule has 0 spiro atoms. The number of nitrogens with zero attached hydrogens (tertiary/aromatic N) is 1. The lowest BCUT2D eigenvalue weighted by molar-refractivity contribution is -0.266. The zero-order valence-electron chi connectivity index (χ0n) is 24.9. The summed E-state index contributed by atoms with van der Waals surface area (Å²) in [6.07, 6.45) is 2.76. The van der Waals surface area contributed by atoms with Crippen LogP contribution in [0.2, 0.25) is 0 Å². The van der Waals surface area contributed by atoms with Crippen molar-refractivity contribution in [2.24, 2.45) is 28.6 Å². The lowest BCUT2D eigenvalue weighted by Crippen LogP contribution is -2.70. The summed E-state index contributed by atoms with van der Waals surface area (Å²) >= 11 is 0.537. The van der Waals surface area contributed by atoms with Crippen LogP contribution in [0.1, 0.15) is 58.4 Å². The molecule has 0 radical (unpaired) electrons. The lowest BCUT2D eigenvalue weighted by atomic mass is 9.44. The third kappa shape index (κ3) is 4.41. The van der Waals surface area contributed by atoms with Crippen molar-refractivity contribution in [3.8, 4) is 5.75 Å². The van der Waals surface area contributed by atoms with Gasteiger partial charge in [-0.1, -0.05) is 50.2 Å². The van der Waals surface area contributed by atoms with E-state index in [2.05, 4.69) is 6.92 Å². The minimum absolute atomic E-state index is 0.0579. The minimum atomic E-state index is -2.25. The van der Waals surface area contributed by atoms with Crippen molar-refractivity contribution in [3.63, 3.8) is 0 Å². The van der Waals surface area contributed by atoms with E-state index in [4.69, 9.17) is 9.57 Å². The van der Waals surface area contributed by atoms with Gasteiger partial charge in [0.05, 0.1) is 12.7 Å². The van der Waals surface area contributed by atoms with Crippen molar-refractivity contribution in [3.05, 3.63) is 53.6 Å². The number of allylic oxidation sites excluding steroid dienone is 4. The van der Waals surface area contributed by atoms with Crippen LogP contribution < -0.4 is 4.74 Å². The number of rotatable bonds is 8. The van der Waals surface area contributed by atoms with Crippen LogP contribution in [-0.2, 0) is 21.0 Å². The molecule has 6 rings (SSSR count). The van der Waals surface area contributed by atoms with E-state index >= 15 is 8.78 Å². The fourth-order valence-corrected chi connectivity index (χ4v) is 9.89. The van der Waals surface area contributed by atoms with E-state index < -0.39 is 69.0 Å². The molecule has 43 heavy (non-hydrogen) atoms. The average Bonchev–Trinajstić information content (AvgIpc) is 3.45. The molecule has 1 aliphatic heterocycles. The van der Waals surface area contributed by atoms with E-state index in [9.17, 15) is 19.1 Å². The first-order valence-electron chi connectivity index (χ1n) is 15.3. The maximum Gasteiger partial charge on any atom is 0.226 e. The predicted octanol–water partition coefficient (Wildman–Crippen LogP) is 6.08. The predicted molar refractivity (Wildman–Crippen MR) is 157 cm³/mol. The number of ketones is 1. The number of aliphatic hydroxyl groups excluding tert-OH is 1. The molecule has 1 unspecified atom stereocenters. The third-order valence-electron chi connectivity index (χ3n) is 11.2. The van der Waals surface area contributed by atoms with Crippen molar-refractivity contribution in [1.82, 2.24) is 5.06 Å². The summed E-state index contributed by atoms with van der Waals surface area (Å²) in [7, 11) is 0. The van der Waals surface area contributed by atoms with Crippen molar-refractivity contribution < 1.29 is 37.4 Å². The zero-order valence-corrected chi connectivity index (χ0v) is 25.7. The van der Waals surface area contributed by atoms with Gasteiger partial charge in [0.2, 0.25) is 5.12 Å². The van der Waals surface area contributed by atoms with Crippen molar-refractivity contribution in [2.45, 2.75) is 83.0 Å².